The van der Waals surface area contributed by atoms with Gasteiger partial charge in [-0.1, -0.05) is 29.8 Å². The number of nitrogens with zero attached hydrogens (tertiary/aromatic N) is 3. The van der Waals surface area contributed by atoms with Crippen molar-refractivity contribution in [3.63, 3.8) is 0 Å². The summed E-state index contributed by atoms with van der Waals surface area (Å²) in [5.41, 5.74) is 1.58. The lowest BCUT2D eigenvalue weighted by molar-refractivity contribution is 0.417. The second-order valence-electron chi connectivity index (χ2n) is 4.63. The number of para-hydroxylation sites is 1. The fourth-order valence-corrected chi connectivity index (χ4v) is 2.16. The zero-order valence-corrected chi connectivity index (χ0v) is 13.1. The molecular formula is C16H14ClN5O. The first-order valence-corrected chi connectivity index (χ1v) is 7.25. The SMILES string of the molecule is COc1ccc(Cl)cc1Nc1cnnc(Nc2ccccc2)n1. The van der Waals surface area contributed by atoms with E-state index in [1.165, 1.54) is 6.20 Å². The van der Waals surface area contributed by atoms with Gasteiger partial charge in [0, 0.05) is 10.7 Å². The van der Waals surface area contributed by atoms with E-state index in [4.69, 9.17) is 16.3 Å². The Hall–Kier alpha value is -2.86. The molecule has 0 radical (unpaired) electrons. The second kappa shape index (κ2) is 6.93. The van der Waals surface area contributed by atoms with Crippen LogP contribution in [0.15, 0.2) is 54.7 Å². The second-order valence-corrected chi connectivity index (χ2v) is 5.06. The van der Waals surface area contributed by atoms with Crippen molar-refractivity contribution < 1.29 is 4.74 Å². The van der Waals surface area contributed by atoms with Gasteiger partial charge in [-0.3, -0.25) is 0 Å². The maximum atomic E-state index is 6.02. The van der Waals surface area contributed by atoms with Gasteiger partial charge in [0.15, 0.2) is 5.82 Å². The van der Waals surface area contributed by atoms with Crippen LogP contribution in [0.5, 0.6) is 5.75 Å². The van der Waals surface area contributed by atoms with Gasteiger partial charge in [0.2, 0.25) is 5.95 Å². The van der Waals surface area contributed by atoms with E-state index in [-0.39, 0.29) is 0 Å². The van der Waals surface area contributed by atoms with Crippen LogP contribution >= 0.6 is 11.6 Å². The van der Waals surface area contributed by atoms with Gasteiger partial charge < -0.3 is 15.4 Å². The van der Waals surface area contributed by atoms with Crippen molar-refractivity contribution in [3.05, 3.63) is 59.8 Å². The zero-order valence-electron chi connectivity index (χ0n) is 12.3. The fourth-order valence-electron chi connectivity index (χ4n) is 1.98. The maximum absolute atomic E-state index is 6.02. The molecule has 116 valence electrons. The number of halogens is 1. The highest BCUT2D eigenvalue weighted by Gasteiger charge is 2.07. The van der Waals surface area contributed by atoms with Crippen LogP contribution in [-0.4, -0.2) is 22.3 Å². The number of benzene rings is 2. The van der Waals surface area contributed by atoms with Crippen molar-refractivity contribution in [1.29, 1.82) is 0 Å². The molecule has 0 aliphatic heterocycles. The van der Waals surface area contributed by atoms with Crippen LogP contribution in [-0.2, 0) is 0 Å². The van der Waals surface area contributed by atoms with Gasteiger partial charge in [-0.05, 0) is 30.3 Å². The summed E-state index contributed by atoms with van der Waals surface area (Å²) in [6.07, 6.45) is 1.52. The number of aromatic nitrogens is 3. The Morgan fingerprint density at radius 3 is 2.65 bits per heavy atom. The molecular weight excluding hydrogens is 314 g/mol. The van der Waals surface area contributed by atoms with Gasteiger partial charge in [0.1, 0.15) is 5.75 Å². The molecule has 0 aliphatic rings. The summed E-state index contributed by atoms with van der Waals surface area (Å²) in [5, 5.41) is 14.7. The van der Waals surface area contributed by atoms with Gasteiger partial charge in [0.25, 0.3) is 0 Å². The summed E-state index contributed by atoms with van der Waals surface area (Å²) in [6.45, 7) is 0. The van der Waals surface area contributed by atoms with Crippen LogP contribution in [0.1, 0.15) is 0 Å². The van der Waals surface area contributed by atoms with E-state index in [0.717, 1.165) is 5.69 Å². The van der Waals surface area contributed by atoms with Crippen molar-refractivity contribution in [2.45, 2.75) is 0 Å². The fraction of sp³-hybridized carbons (Fsp3) is 0.0625. The number of hydrogen-bond acceptors (Lipinski definition) is 6. The number of ether oxygens (including phenoxy) is 1. The minimum atomic E-state index is 0.391. The third-order valence-electron chi connectivity index (χ3n) is 3.01. The van der Waals surface area contributed by atoms with Gasteiger partial charge in [0.05, 0.1) is 19.0 Å². The first-order chi connectivity index (χ1) is 11.2. The van der Waals surface area contributed by atoms with Gasteiger partial charge in [-0.2, -0.15) is 10.1 Å². The van der Waals surface area contributed by atoms with Crippen LogP contribution in [0.3, 0.4) is 0 Å². The molecule has 0 fully saturated rings. The van der Waals surface area contributed by atoms with E-state index < -0.39 is 0 Å². The summed E-state index contributed by atoms with van der Waals surface area (Å²) >= 11 is 6.02. The number of methoxy groups -OCH3 is 1. The van der Waals surface area contributed by atoms with Crippen LogP contribution in [0, 0.1) is 0 Å². The van der Waals surface area contributed by atoms with Crippen LogP contribution in [0.4, 0.5) is 23.1 Å². The Labute approximate surface area is 138 Å². The van der Waals surface area contributed by atoms with Crippen molar-refractivity contribution in [2.24, 2.45) is 0 Å². The number of nitrogens with one attached hydrogen (secondary N) is 2. The quantitative estimate of drug-likeness (QED) is 0.737. The van der Waals surface area contributed by atoms with E-state index in [1.54, 1.807) is 25.3 Å². The smallest absolute Gasteiger partial charge is 0.249 e. The van der Waals surface area contributed by atoms with Gasteiger partial charge >= 0.3 is 0 Å². The molecule has 0 amide bonds. The Morgan fingerprint density at radius 2 is 1.87 bits per heavy atom. The molecule has 6 nitrogen and oxygen atoms in total. The normalized spacial score (nSPS) is 10.2. The predicted molar refractivity (Wildman–Crippen MR) is 90.8 cm³/mol. The van der Waals surface area contributed by atoms with Crippen LogP contribution in [0.2, 0.25) is 5.02 Å². The molecule has 7 heteroatoms. The van der Waals surface area contributed by atoms with E-state index >= 15 is 0 Å². The Bertz CT molecular complexity index is 797. The van der Waals surface area contributed by atoms with E-state index in [0.29, 0.717) is 28.2 Å². The third kappa shape index (κ3) is 3.87. The highest BCUT2D eigenvalue weighted by atomic mass is 35.5. The summed E-state index contributed by atoms with van der Waals surface area (Å²) in [7, 11) is 1.59. The van der Waals surface area contributed by atoms with Gasteiger partial charge in [-0.25, -0.2) is 0 Å². The molecule has 0 unspecified atom stereocenters. The number of anilines is 4. The standard InChI is InChI=1S/C16H14ClN5O/c1-23-14-8-7-11(17)9-13(14)20-15-10-18-22-16(21-15)19-12-5-3-2-4-6-12/h2-10H,1H3,(H2,19,20,21,22). The van der Waals surface area contributed by atoms with E-state index in [2.05, 4.69) is 25.8 Å². The highest BCUT2D eigenvalue weighted by molar-refractivity contribution is 6.31. The lowest BCUT2D eigenvalue weighted by atomic mass is 10.3. The summed E-state index contributed by atoms with van der Waals surface area (Å²) in [4.78, 5) is 4.37. The molecule has 2 aromatic carbocycles. The molecule has 3 aromatic rings. The molecule has 3 rings (SSSR count). The molecule has 0 spiro atoms. The van der Waals surface area contributed by atoms with Crippen LogP contribution in [0.25, 0.3) is 0 Å². The molecule has 0 saturated carbocycles. The van der Waals surface area contributed by atoms with E-state index in [1.807, 2.05) is 30.3 Å². The minimum Gasteiger partial charge on any atom is -0.495 e. The van der Waals surface area contributed by atoms with Crippen molar-refractivity contribution >= 4 is 34.7 Å². The maximum Gasteiger partial charge on any atom is 0.249 e. The monoisotopic (exact) mass is 327 g/mol. The largest absolute Gasteiger partial charge is 0.495 e. The summed E-state index contributed by atoms with van der Waals surface area (Å²) in [5.74, 6) is 1.58. The Balaban J connectivity index is 1.82. The first kappa shape index (κ1) is 15.1. The van der Waals surface area contributed by atoms with Crippen molar-refractivity contribution in [3.8, 4) is 5.75 Å². The molecule has 0 aliphatic carbocycles. The van der Waals surface area contributed by atoms with Crippen molar-refractivity contribution in [2.75, 3.05) is 17.7 Å². The molecule has 2 N–H and O–H groups in total. The minimum absolute atomic E-state index is 0.391. The van der Waals surface area contributed by atoms with Gasteiger partial charge in [-0.15, -0.1) is 5.10 Å². The molecule has 1 heterocycles. The lowest BCUT2D eigenvalue weighted by Gasteiger charge is -2.11. The highest BCUT2D eigenvalue weighted by Crippen LogP contribution is 2.29. The van der Waals surface area contributed by atoms with E-state index in [9.17, 15) is 0 Å². The average Bonchev–Trinajstić information content (AvgIpc) is 2.56. The Kier molecular flexibility index (Phi) is 4.54. The zero-order chi connectivity index (χ0) is 16.1. The molecule has 0 saturated heterocycles. The number of rotatable bonds is 5. The molecule has 0 atom stereocenters. The third-order valence-corrected chi connectivity index (χ3v) is 3.25. The summed E-state index contributed by atoms with van der Waals surface area (Å²) < 4.78 is 5.30. The summed E-state index contributed by atoms with van der Waals surface area (Å²) in [6, 6.07) is 14.9. The topological polar surface area (TPSA) is 72.0 Å². The first-order valence-electron chi connectivity index (χ1n) is 6.87. The Morgan fingerprint density at radius 1 is 1.04 bits per heavy atom. The molecule has 0 bridgehead atoms. The number of hydrogen-bond donors (Lipinski definition) is 2. The van der Waals surface area contributed by atoms with Crippen molar-refractivity contribution in [1.82, 2.24) is 15.2 Å². The predicted octanol–water partition coefficient (Wildman–Crippen LogP) is 4.02. The average molecular weight is 328 g/mol. The lowest BCUT2D eigenvalue weighted by Crippen LogP contribution is -2.03. The molecule has 1 aromatic heterocycles. The molecule has 23 heavy (non-hydrogen) atoms. The van der Waals surface area contributed by atoms with Crippen LogP contribution < -0.4 is 15.4 Å².